The van der Waals surface area contributed by atoms with Crippen molar-refractivity contribution in [1.29, 1.82) is 0 Å². The summed E-state index contributed by atoms with van der Waals surface area (Å²) in [6.07, 6.45) is 0. The number of aromatic nitrogens is 1. The lowest BCUT2D eigenvalue weighted by Gasteiger charge is -2.18. The average molecular weight is 361 g/mol. The molecule has 0 radical (unpaired) electrons. The Kier molecular flexibility index (Phi) is 7.88. The summed E-state index contributed by atoms with van der Waals surface area (Å²) in [4.78, 5) is 9.23. The molecule has 1 aromatic heterocycles. The first kappa shape index (κ1) is 19.4. The number of aliphatic imine (C=N–C) groups is 1. The molecule has 0 spiro atoms. The van der Waals surface area contributed by atoms with Crippen molar-refractivity contribution in [1.82, 2.24) is 15.6 Å². The summed E-state index contributed by atoms with van der Waals surface area (Å²) in [5.41, 5.74) is 2.11. The number of aliphatic hydroxyl groups is 1. The van der Waals surface area contributed by atoms with Gasteiger partial charge < -0.3 is 15.7 Å². The molecule has 0 amide bonds. The van der Waals surface area contributed by atoms with Crippen molar-refractivity contribution < 1.29 is 5.11 Å². The van der Waals surface area contributed by atoms with Crippen LogP contribution in [-0.2, 0) is 6.54 Å². The van der Waals surface area contributed by atoms with E-state index in [-0.39, 0.29) is 12.5 Å². The molecule has 1 heterocycles. The Bertz CT molecular complexity index is 654. The van der Waals surface area contributed by atoms with E-state index in [2.05, 4.69) is 39.8 Å². The van der Waals surface area contributed by atoms with Crippen LogP contribution >= 0.6 is 11.3 Å². The van der Waals surface area contributed by atoms with Crippen molar-refractivity contribution in [2.75, 3.05) is 19.7 Å². The molecule has 1 atom stereocenters. The molecule has 5 nitrogen and oxygen atoms in total. The highest BCUT2D eigenvalue weighted by Gasteiger charge is 2.11. The molecule has 0 aliphatic heterocycles. The molecule has 0 aliphatic rings. The van der Waals surface area contributed by atoms with Gasteiger partial charge >= 0.3 is 0 Å². The largest absolute Gasteiger partial charge is 0.396 e. The lowest BCUT2D eigenvalue weighted by molar-refractivity contribution is 0.265. The van der Waals surface area contributed by atoms with E-state index in [9.17, 15) is 5.11 Å². The summed E-state index contributed by atoms with van der Waals surface area (Å²) in [7, 11) is 0. The van der Waals surface area contributed by atoms with Crippen molar-refractivity contribution >= 4 is 17.3 Å². The highest BCUT2D eigenvalue weighted by Crippen LogP contribution is 2.19. The molecular weight excluding hydrogens is 332 g/mol. The van der Waals surface area contributed by atoms with E-state index in [1.165, 1.54) is 0 Å². The van der Waals surface area contributed by atoms with Gasteiger partial charge in [0.25, 0.3) is 0 Å². The van der Waals surface area contributed by atoms with Crippen LogP contribution in [0.3, 0.4) is 0 Å². The number of benzene rings is 1. The first-order valence-corrected chi connectivity index (χ1v) is 9.64. The normalized spacial score (nSPS) is 13.1. The molecule has 1 aromatic carbocycles. The number of guanidine groups is 1. The van der Waals surface area contributed by atoms with Gasteiger partial charge in [0.05, 0.1) is 23.9 Å². The maximum atomic E-state index is 9.68. The summed E-state index contributed by atoms with van der Waals surface area (Å²) >= 11 is 1.69. The zero-order valence-corrected chi connectivity index (χ0v) is 16.0. The maximum Gasteiger partial charge on any atom is 0.191 e. The summed E-state index contributed by atoms with van der Waals surface area (Å²) < 4.78 is 0. The van der Waals surface area contributed by atoms with Crippen LogP contribution in [0.4, 0.5) is 0 Å². The van der Waals surface area contributed by atoms with Crippen molar-refractivity contribution in [3.63, 3.8) is 0 Å². The van der Waals surface area contributed by atoms with Gasteiger partial charge in [-0.1, -0.05) is 44.2 Å². The second kappa shape index (κ2) is 10.2. The summed E-state index contributed by atoms with van der Waals surface area (Å²) in [5, 5.41) is 19.5. The van der Waals surface area contributed by atoms with Crippen molar-refractivity contribution in [2.45, 2.75) is 39.2 Å². The number of rotatable bonds is 8. The molecule has 0 aliphatic carbocycles. The first-order valence-electron chi connectivity index (χ1n) is 8.76. The second-order valence-electron chi connectivity index (χ2n) is 6.20. The molecular formula is C19H28N4OS. The van der Waals surface area contributed by atoms with E-state index in [0.29, 0.717) is 19.0 Å². The monoisotopic (exact) mass is 360 g/mol. The van der Waals surface area contributed by atoms with Gasteiger partial charge in [0.2, 0.25) is 0 Å². The minimum atomic E-state index is 0.0388. The third-order valence-corrected chi connectivity index (χ3v) is 5.01. The number of hydrogen-bond acceptors (Lipinski definition) is 4. The fourth-order valence-electron chi connectivity index (χ4n) is 2.40. The van der Waals surface area contributed by atoms with Gasteiger partial charge in [-0.2, -0.15) is 0 Å². The Morgan fingerprint density at radius 1 is 1.24 bits per heavy atom. The minimum Gasteiger partial charge on any atom is -0.396 e. The van der Waals surface area contributed by atoms with Gasteiger partial charge in [-0.15, -0.1) is 11.3 Å². The van der Waals surface area contributed by atoms with E-state index < -0.39 is 0 Å². The average Bonchev–Trinajstić information content (AvgIpc) is 3.10. The van der Waals surface area contributed by atoms with Crippen molar-refractivity contribution in [2.24, 2.45) is 4.99 Å². The van der Waals surface area contributed by atoms with Gasteiger partial charge in [-0.25, -0.2) is 9.98 Å². The molecule has 0 fully saturated rings. The number of nitrogens with zero attached hydrogens (tertiary/aromatic N) is 2. The van der Waals surface area contributed by atoms with Crippen LogP contribution in [0.2, 0.25) is 0 Å². The van der Waals surface area contributed by atoms with E-state index in [4.69, 9.17) is 0 Å². The molecule has 1 unspecified atom stereocenters. The van der Waals surface area contributed by atoms with E-state index in [1.54, 1.807) is 11.3 Å². The number of nitrogens with one attached hydrogen (secondary N) is 2. The predicted octanol–water partition coefficient (Wildman–Crippen LogP) is 3.10. The van der Waals surface area contributed by atoms with E-state index in [0.717, 1.165) is 28.8 Å². The summed E-state index contributed by atoms with van der Waals surface area (Å²) in [5.74, 6) is 1.23. The van der Waals surface area contributed by atoms with Crippen LogP contribution in [0, 0.1) is 0 Å². The minimum absolute atomic E-state index is 0.0388. The molecule has 6 heteroatoms. The zero-order valence-electron chi connectivity index (χ0n) is 15.2. The van der Waals surface area contributed by atoms with Gasteiger partial charge in [-0.3, -0.25) is 0 Å². The fraction of sp³-hybridized carbons (Fsp3) is 0.474. The van der Waals surface area contributed by atoms with E-state index in [1.807, 2.05) is 37.3 Å². The van der Waals surface area contributed by atoms with E-state index >= 15 is 0 Å². The highest BCUT2D eigenvalue weighted by atomic mass is 32.1. The van der Waals surface area contributed by atoms with Gasteiger partial charge in [0, 0.05) is 30.3 Å². The lowest BCUT2D eigenvalue weighted by Crippen LogP contribution is -2.39. The molecule has 2 rings (SSSR count). The van der Waals surface area contributed by atoms with Gasteiger partial charge in [-0.05, 0) is 12.5 Å². The second-order valence-corrected chi connectivity index (χ2v) is 7.09. The fourth-order valence-corrected chi connectivity index (χ4v) is 3.22. The maximum absolute atomic E-state index is 9.68. The van der Waals surface area contributed by atoms with Crippen molar-refractivity contribution in [3.8, 4) is 0 Å². The number of thiazole rings is 1. The molecule has 0 saturated carbocycles. The Balaban J connectivity index is 1.96. The van der Waals surface area contributed by atoms with Crippen LogP contribution in [0.25, 0.3) is 0 Å². The first-order chi connectivity index (χ1) is 12.1. The quantitative estimate of drug-likeness (QED) is 0.500. The highest BCUT2D eigenvalue weighted by molar-refractivity contribution is 7.09. The zero-order chi connectivity index (χ0) is 18.1. The summed E-state index contributed by atoms with van der Waals surface area (Å²) in [6, 6.07) is 10.0. The topological polar surface area (TPSA) is 69.5 Å². The molecule has 2 aromatic rings. The summed E-state index contributed by atoms with van der Waals surface area (Å²) in [6.45, 7) is 8.40. The molecule has 0 saturated heterocycles. The molecule has 25 heavy (non-hydrogen) atoms. The number of aliphatic hydroxyl groups excluding tert-OH is 1. The Morgan fingerprint density at radius 3 is 2.60 bits per heavy atom. The Hall–Kier alpha value is -1.92. The molecule has 0 bridgehead atoms. The third kappa shape index (κ3) is 6.14. The SMILES string of the molecule is CCNC(=NCc1csc(C(C)C)n1)NCC(CO)c1ccccc1. The Morgan fingerprint density at radius 2 is 2.00 bits per heavy atom. The third-order valence-electron chi connectivity index (χ3n) is 3.81. The standard InChI is InChI=1S/C19H28N4OS/c1-4-20-19(22-11-17-13-25-18(23-17)14(2)3)21-10-16(12-24)15-8-6-5-7-9-15/h5-9,13-14,16,24H,4,10-12H2,1-3H3,(H2,20,21,22). The smallest absolute Gasteiger partial charge is 0.191 e. The van der Waals surface area contributed by atoms with Gasteiger partial charge in [0.1, 0.15) is 0 Å². The molecule has 136 valence electrons. The Labute approximate surface area is 154 Å². The number of hydrogen-bond donors (Lipinski definition) is 3. The van der Waals surface area contributed by atoms with Crippen molar-refractivity contribution in [3.05, 3.63) is 52.0 Å². The lowest BCUT2D eigenvalue weighted by atomic mass is 10.0. The van der Waals surface area contributed by atoms with Crippen LogP contribution < -0.4 is 10.6 Å². The van der Waals surface area contributed by atoms with Gasteiger partial charge in [0.15, 0.2) is 5.96 Å². The van der Waals surface area contributed by atoms with Crippen LogP contribution in [0.15, 0.2) is 40.7 Å². The molecule has 3 N–H and O–H groups in total. The van der Waals surface area contributed by atoms with Crippen LogP contribution in [-0.4, -0.2) is 35.7 Å². The predicted molar refractivity (Wildman–Crippen MR) is 105 cm³/mol. The van der Waals surface area contributed by atoms with Crippen LogP contribution in [0.1, 0.15) is 48.9 Å². The van der Waals surface area contributed by atoms with Crippen LogP contribution in [0.5, 0.6) is 0 Å².